The number of fused-ring (bicyclic) bond motifs is 2. The average molecular weight is 470 g/mol. The Morgan fingerprint density at radius 2 is 1.83 bits per heavy atom. The minimum Gasteiger partial charge on any atom is -0.472 e. The highest BCUT2D eigenvalue weighted by Gasteiger charge is 2.24. The van der Waals surface area contributed by atoms with E-state index in [9.17, 15) is 9.59 Å². The molecule has 1 aromatic heterocycles. The van der Waals surface area contributed by atoms with E-state index in [2.05, 4.69) is 17.9 Å². The number of anilines is 1. The molecule has 6 heteroatoms. The lowest BCUT2D eigenvalue weighted by atomic mass is 9.97. The maximum Gasteiger partial charge on any atom is 0.338 e. The van der Waals surface area contributed by atoms with Crippen LogP contribution in [0.2, 0.25) is 0 Å². The Kier molecular flexibility index (Phi) is 6.27. The monoisotopic (exact) mass is 469 g/mol. The summed E-state index contributed by atoms with van der Waals surface area (Å²) in [5.74, 6) is 0.445. The van der Waals surface area contributed by atoms with Crippen molar-refractivity contribution in [1.29, 1.82) is 0 Å². The summed E-state index contributed by atoms with van der Waals surface area (Å²) in [5.41, 5.74) is 5.27. The minimum absolute atomic E-state index is 0.303. The van der Waals surface area contributed by atoms with Crippen molar-refractivity contribution in [3.05, 3.63) is 93.8 Å². The van der Waals surface area contributed by atoms with Crippen molar-refractivity contribution in [1.82, 2.24) is 0 Å². The van der Waals surface area contributed by atoms with Gasteiger partial charge in [0, 0.05) is 34.8 Å². The fourth-order valence-corrected chi connectivity index (χ4v) is 4.44. The van der Waals surface area contributed by atoms with Gasteiger partial charge in [0.1, 0.15) is 11.3 Å². The second-order valence-corrected chi connectivity index (χ2v) is 8.72. The Morgan fingerprint density at radius 1 is 1.06 bits per heavy atom. The Bertz CT molecular complexity index is 1420. The van der Waals surface area contributed by atoms with Crippen LogP contribution < -0.4 is 15.3 Å². The summed E-state index contributed by atoms with van der Waals surface area (Å²) < 4.78 is 17.0. The van der Waals surface area contributed by atoms with E-state index >= 15 is 0 Å². The highest BCUT2D eigenvalue weighted by atomic mass is 16.5. The van der Waals surface area contributed by atoms with Crippen LogP contribution in [0.4, 0.5) is 5.69 Å². The Hall–Kier alpha value is -4.06. The molecule has 0 fully saturated rings. The Labute approximate surface area is 203 Å². The first-order valence-corrected chi connectivity index (χ1v) is 11.9. The molecule has 178 valence electrons. The van der Waals surface area contributed by atoms with Gasteiger partial charge in [0.15, 0.2) is 6.73 Å². The first kappa shape index (κ1) is 22.7. The number of aryl methyl sites for hydroxylation is 1. The van der Waals surface area contributed by atoms with Crippen LogP contribution in [-0.4, -0.2) is 19.3 Å². The van der Waals surface area contributed by atoms with Gasteiger partial charge >= 0.3 is 11.6 Å². The largest absolute Gasteiger partial charge is 0.472 e. The zero-order chi connectivity index (χ0) is 24.4. The predicted molar refractivity (Wildman–Crippen MR) is 136 cm³/mol. The fourth-order valence-electron chi connectivity index (χ4n) is 4.44. The molecule has 0 atom stereocenters. The van der Waals surface area contributed by atoms with Crippen molar-refractivity contribution in [2.45, 2.75) is 33.2 Å². The molecule has 1 aliphatic rings. The van der Waals surface area contributed by atoms with Gasteiger partial charge in [-0.15, -0.1) is 0 Å². The van der Waals surface area contributed by atoms with Gasteiger partial charge in [0.2, 0.25) is 0 Å². The number of hydrogen-bond acceptors (Lipinski definition) is 6. The normalized spacial score (nSPS) is 12.8. The molecule has 35 heavy (non-hydrogen) atoms. The van der Waals surface area contributed by atoms with E-state index in [1.165, 1.54) is 0 Å². The van der Waals surface area contributed by atoms with E-state index in [0.717, 1.165) is 51.9 Å². The van der Waals surface area contributed by atoms with E-state index in [4.69, 9.17) is 13.9 Å². The first-order chi connectivity index (χ1) is 17.0. The molecule has 2 heterocycles. The number of benzene rings is 3. The number of unbranched alkanes of at least 4 members (excludes halogenated alkanes) is 1. The highest BCUT2D eigenvalue weighted by Crippen LogP contribution is 2.39. The topological polar surface area (TPSA) is 69.0 Å². The van der Waals surface area contributed by atoms with Gasteiger partial charge in [-0.2, -0.15) is 0 Å². The van der Waals surface area contributed by atoms with E-state index in [1.807, 2.05) is 49.4 Å². The molecule has 6 nitrogen and oxygen atoms in total. The molecule has 0 aliphatic carbocycles. The van der Waals surface area contributed by atoms with E-state index in [1.54, 1.807) is 18.2 Å². The van der Waals surface area contributed by atoms with E-state index < -0.39 is 0 Å². The molecular weight excluding hydrogens is 442 g/mol. The summed E-state index contributed by atoms with van der Waals surface area (Å²) in [6.07, 6.45) is 1.84. The standard InChI is InChI=1S/C29H27NO5/c1-3-4-14-33-29(32)21-10-12-23(13-11-21)30-17-22-15-25-24(20-8-6-5-7-9-20)16-26(31)35-28(25)19(2)27(22)34-18-30/h5-13,15-16H,3-4,14,17-18H2,1-2H3. The molecule has 0 spiro atoms. The first-order valence-electron chi connectivity index (χ1n) is 11.9. The second kappa shape index (κ2) is 9.66. The van der Waals surface area contributed by atoms with Crippen molar-refractivity contribution in [2.24, 2.45) is 0 Å². The summed E-state index contributed by atoms with van der Waals surface area (Å²) in [5, 5.41) is 0.877. The van der Waals surface area contributed by atoms with Crippen LogP contribution in [0.5, 0.6) is 5.75 Å². The predicted octanol–water partition coefficient (Wildman–Crippen LogP) is 6.08. The van der Waals surface area contributed by atoms with Crippen molar-refractivity contribution in [3.8, 4) is 16.9 Å². The molecule has 0 saturated carbocycles. The molecular formula is C29H27NO5. The molecule has 0 saturated heterocycles. The lowest BCUT2D eigenvalue weighted by Crippen LogP contribution is -2.32. The van der Waals surface area contributed by atoms with Crippen molar-refractivity contribution < 1.29 is 18.7 Å². The SMILES string of the molecule is CCCCOC(=O)c1ccc(N2COc3c(cc4c(-c5ccccc5)cc(=O)oc4c3C)C2)cc1. The molecule has 0 amide bonds. The number of hydrogen-bond donors (Lipinski definition) is 0. The Morgan fingerprint density at radius 3 is 2.57 bits per heavy atom. The summed E-state index contributed by atoms with van der Waals surface area (Å²) in [7, 11) is 0. The number of esters is 1. The average Bonchev–Trinajstić information content (AvgIpc) is 2.89. The van der Waals surface area contributed by atoms with Gasteiger partial charge in [-0.1, -0.05) is 43.7 Å². The number of carbonyl (C=O) groups is 1. The van der Waals surface area contributed by atoms with Crippen molar-refractivity contribution in [3.63, 3.8) is 0 Å². The zero-order valence-corrected chi connectivity index (χ0v) is 19.9. The third-order valence-corrected chi connectivity index (χ3v) is 6.30. The quantitative estimate of drug-likeness (QED) is 0.194. The van der Waals surface area contributed by atoms with Gasteiger partial charge in [-0.05, 0) is 54.8 Å². The van der Waals surface area contributed by atoms with Crippen LogP contribution in [0.15, 0.2) is 75.9 Å². The molecule has 0 N–H and O–H groups in total. The summed E-state index contributed by atoms with van der Waals surface area (Å²) in [6, 6.07) is 20.8. The molecule has 4 aromatic rings. The maximum atomic E-state index is 12.3. The third-order valence-electron chi connectivity index (χ3n) is 6.30. The smallest absolute Gasteiger partial charge is 0.338 e. The van der Waals surface area contributed by atoms with Gasteiger partial charge in [0.05, 0.1) is 12.2 Å². The highest BCUT2D eigenvalue weighted by molar-refractivity contribution is 5.96. The maximum absolute atomic E-state index is 12.3. The summed E-state index contributed by atoms with van der Waals surface area (Å²) >= 11 is 0. The third kappa shape index (κ3) is 4.52. The van der Waals surface area contributed by atoms with E-state index in [-0.39, 0.29) is 11.6 Å². The lowest BCUT2D eigenvalue weighted by Gasteiger charge is -2.32. The molecule has 0 unspecified atom stereocenters. The van der Waals surface area contributed by atoms with Crippen LogP contribution in [-0.2, 0) is 11.3 Å². The minimum atomic E-state index is -0.384. The number of carbonyl (C=O) groups excluding carboxylic acids is 1. The van der Waals surface area contributed by atoms with E-state index in [0.29, 0.717) is 31.0 Å². The molecule has 0 radical (unpaired) electrons. The number of ether oxygens (including phenoxy) is 2. The van der Waals surface area contributed by atoms with Crippen LogP contribution in [0.25, 0.3) is 22.1 Å². The van der Waals surface area contributed by atoms with Crippen molar-refractivity contribution >= 4 is 22.6 Å². The second-order valence-electron chi connectivity index (χ2n) is 8.72. The molecule has 1 aliphatic heterocycles. The van der Waals surface area contributed by atoms with Crippen LogP contribution in [0.1, 0.15) is 41.3 Å². The van der Waals surface area contributed by atoms with Crippen LogP contribution in [0.3, 0.4) is 0 Å². The van der Waals surface area contributed by atoms with Gasteiger partial charge in [-0.3, -0.25) is 0 Å². The molecule has 3 aromatic carbocycles. The van der Waals surface area contributed by atoms with Crippen LogP contribution in [0, 0.1) is 6.92 Å². The lowest BCUT2D eigenvalue weighted by molar-refractivity contribution is 0.0500. The van der Waals surface area contributed by atoms with Gasteiger partial charge < -0.3 is 18.8 Å². The molecule has 0 bridgehead atoms. The zero-order valence-electron chi connectivity index (χ0n) is 19.9. The summed E-state index contributed by atoms with van der Waals surface area (Å²) in [4.78, 5) is 26.6. The fraction of sp³-hybridized carbons (Fsp3) is 0.241. The Balaban J connectivity index is 1.46. The van der Waals surface area contributed by atoms with Gasteiger partial charge in [-0.25, -0.2) is 9.59 Å². The number of rotatable bonds is 6. The van der Waals surface area contributed by atoms with Gasteiger partial charge in [0.25, 0.3) is 0 Å². The molecule has 5 rings (SSSR count). The number of nitrogens with zero attached hydrogens (tertiary/aromatic N) is 1. The van der Waals surface area contributed by atoms with Crippen LogP contribution >= 0.6 is 0 Å². The van der Waals surface area contributed by atoms with Crippen molar-refractivity contribution in [2.75, 3.05) is 18.2 Å². The summed E-state index contributed by atoms with van der Waals surface area (Å²) in [6.45, 7) is 5.39.